The van der Waals surface area contributed by atoms with Gasteiger partial charge in [-0.15, -0.1) is 0 Å². The average molecular weight is 475 g/mol. The summed E-state index contributed by atoms with van der Waals surface area (Å²) in [7, 11) is 0. The van der Waals surface area contributed by atoms with Crippen molar-refractivity contribution in [1.82, 2.24) is 24.6 Å². The van der Waals surface area contributed by atoms with E-state index in [-0.39, 0.29) is 37.0 Å². The van der Waals surface area contributed by atoms with E-state index in [1.807, 2.05) is 23.2 Å². The smallest absolute Gasteiger partial charge is 0.244 e. The number of ketones is 1. The Bertz CT molecular complexity index is 1170. The first-order valence-electron chi connectivity index (χ1n) is 11.8. The van der Waals surface area contributed by atoms with Crippen molar-refractivity contribution in [2.24, 2.45) is 0 Å². The monoisotopic (exact) mass is 474 g/mol. The number of benzene rings is 1. The van der Waals surface area contributed by atoms with Gasteiger partial charge in [-0.3, -0.25) is 28.9 Å². The Labute approximate surface area is 204 Å². The largest absolute Gasteiger partial charge is 0.339 e. The number of anilines is 1. The lowest BCUT2D eigenvalue weighted by Gasteiger charge is -2.34. The van der Waals surface area contributed by atoms with Crippen molar-refractivity contribution < 1.29 is 14.4 Å². The predicted octanol–water partition coefficient (Wildman–Crippen LogP) is 2.53. The van der Waals surface area contributed by atoms with E-state index in [1.54, 1.807) is 30.5 Å². The number of pyridine rings is 1. The van der Waals surface area contributed by atoms with Crippen molar-refractivity contribution in [3.63, 3.8) is 0 Å². The summed E-state index contributed by atoms with van der Waals surface area (Å²) in [6.07, 6.45) is 5.17. The summed E-state index contributed by atoms with van der Waals surface area (Å²) in [5.41, 5.74) is 3.35. The number of aromatic nitrogens is 3. The molecule has 3 heterocycles. The van der Waals surface area contributed by atoms with Crippen LogP contribution >= 0.6 is 0 Å². The molecule has 4 rings (SSSR count). The first kappa shape index (κ1) is 24.3. The maximum atomic E-state index is 12.7. The third-order valence-corrected chi connectivity index (χ3v) is 6.11. The number of carbonyl (C=O) groups excluding carboxylic acids is 3. The Hall–Kier alpha value is -3.85. The highest BCUT2D eigenvalue weighted by molar-refractivity contribution is 5.99. The van der Waals surface area contributed by atoms with Crippen LogP contribution in [0.5, 0.6) is 0 Å². The maximum absolute atomic E-state index is 12.7. The summed E-state index contributed by atoms with van der Waals surface area (Å²) in [5.74, 6) is -0.343. The molecule has 0 unspecified atom stereocenters. The van der Waals surface area contributed by atoms with Crippen LogP contribution in [0.3, 0.4) is 0 Å². The highest BCUT2D eigenvalue weighted by Crippen LogP contribution is 2.12. The van der Waals surface area contributed by atoms with Gasteiger partial charge in [-0.05, 0) is 18.6 Å². The van der Waals surface area contributed by atoms with E-state index in [9.17, 15) is 14.4 Å². The highest BCUT2D eigenvalue weighted by atomic mass is 16.2. The number of nitrogens with zero attached hydrogens (tertiary/aromatic N) is 5. The van der Waals surface area contributed by atoms with Gasteiger partial charge in [0.1, 0.15) is 6.54 Å². The van der Waals surface area contributed by atoms with Gasteiger partial charge < -0.3 is 10.2 Å². The molecule has 182 valence electrons. The number of hydrogen-bond donors (Lipinski definition) is 1. The topological polar surface area (TPSA) is 100 Å². The minimum absolute atomic E-state index is 0.00639. The number of piperazine rings is 1. The van der Waals surface area contributed by atoms with Gasteiger partial charge in [0.2, 0.25) is 11.8 Å². The molecule has 9 nitrogen and oxygen atoms in total. The number of hydrogen-bond acceptors (Lipinski definition) is 6. The second-order valence-electron chi connectivity index (χ2n) is 8.69. The summed E-state index contributed by atoms with van der Waals surface area (Å²) in [6, 6.07) is 12.9. The second kappa shape index (κ2) is 11.5. The molecule has 0 spiro atoms. The number of nitrogens with one attached hydrogen (secondary N) is 1. The lowest BCUT2D eigenvalue weighted by atomic mass is 10.1. The van der Waals surface area contributed by atoms with Crippen LogP contribution in [0, 0.1) is 6.92 Å². The first-order valence-corrected chi connectivity index (χ1v) is 11.8. The minimum atomic E-state index is -0.264. The molecule has 9 heteroatoms. The summed E-state index contributed by atoms with van der Waals surface area (Å²) in [5, 5.41) is 6.94. The first-order chi connectivity index (χ1) is 17.0. The molecule has 1 fully saturated rings. The molecule has 1 saturated heterocycles. The van der Waals surface area contributed by atoms with Crippen LogP contribution in [0.1, 0.15) is 34.5 Å². The van der Waals surface area contributed by atoms with Crippen LogP contribution in [0.25, 0.3) is 0 Å². The lowest BCUT2D eigenvalue weighted by Crippen LogP contribution is -2.49. The number of aryl methyl sites for hydroxylation is 1. The van der Waals surface area contributed by atoms with E-state index in [2.05, 4.69) is 33.3 Å². The second-order valence-corrected chi connectivity index (χ2v) is 8.69. The van der Waals surface area contributed by atoms with Crippen LogP contribution in [0.2, 0.25) is 0 Å². The van der Waals surface area contributed by atoms with E-state index >= 15 is 0 Å². The van der Waals surface area contributed by atoms with Crippen LogP contribution in [-0.4, -0.2) is 68.3 Å². The Morgan fingerprint density at radius 3 is 2.49 bits per heavy atom. The Kier molecular flexibility index (Phi) is 7.99. The molecule has 1 aromatic carbocycles. The van der Waals surface area contributed by atoms with E-state index < -0.39 is 0 Å². The van der Waals surface area contributed by atoms with Gasteiger partial charge in [-0.25, -0.2) is 0 Å². The molecule has 0 saturated carbocycles. The number of rotatable bonds is 9. The van der Waals surface area contributed by atoms with Crippen molar-refractivity contribution in [3.8, 4) is 0 Å². The molecule has 0 radical (unpaired) electrons. The van der Waals surface area contributed by atoms with Crippen molar-refractivity contribution >= 4 is 23.3 Å². The zero-order chi connectivity index (χ0) is 24.6. The van der Waals surface area contributed by atoms with Crippen LogP contribution < -0.4 is 5.32 Å². The molecule has 2 amide bonds. The van der Waals surface area contributed by atoms with Gasteiger partial charge >= 0.3 is 0 Å². The fraction of sp³-hybridized carbons (Fsp3) is 0.346. The molecule has 1 aliphatic rings. The highest BCUT2D eigenvalue weighted by Gasteiger charge is 2.22. The summed E-state index contributed by atoms with van der Waals surface area (Å²) in [6.45, 7) is 5.87. The van der Waals surface area contributed by atoms with E-state index in [4.69, 9.17) is 0 Å². The van der Waals surface area contributed by atoms with Crippen LogP contribution in [0.15, 0.2) is 61.1 Å². The SMILES string of the molecule is Cc1cccnc1CN1CCN(C(=O)Cn2cc(NC(=O)CCC(=O)c3ccccc3)cn2)CC1. The molecule has 0 bridgehead atoms. The van der Waals surface area contributed by atoms with E-state index in [1.165, 1.54) is 16.4 Å². The van der Waals surface area contributed by atoms with E-state index in [0.29, 0.717) is 24.3 Å². The number of Topliss-reactive ketones (excluding diaryl/α,β-unsaturated/α-hetero) is 1. The van der Waals surface area contributed by atoms with Gasteiger partial charge in [0.15, 0.2) is 5.78 Å². The number of amides is 2. The minimum Gasteiger partial charge on any atom is -0.339 e. The van der Waals surface area contributed by atoms with Gasteiger partial charge in [0.25, 0.3) is 0 Å². The lowest BCUT2D eigenvalue weighted by molar-refractivity contribution is -0.133. The normalized spacial score (nSPS) is 14.0. The molecule has 0 atom stereocenters. The molecular weight excluding hydrogens is 444 g/mol. The summed E-state index contributed by atoms with van der Waals surface area (Å²) >= 11 is 0. The molecular formula is C26H30N6O3. The third-order valence-electron chi connectivity index (χ3n) is 6.11. The molecule has 35 heavy (non-hydrogen) atoms. The Balaban J connectivity index is 1.19. The summed E-state index contributed by atoms with van der Waals surface area (Å²) in [4.78, 5) is 45.7. The standard InChI is InChI=1S/C26H30N6O3/c1-20-6-5-11-27-23(20)18-30-12-14-31(15-13-30)26(35)19-32-17-22(16-28-32)29-25(34)10-9-24(33)21-7-3-2-4-8-21/h2-8,11,16-17H,9-10,12-15,18-19H2,1H3,(H,29,34). The fourth-order valence-corrected chi connectivity index (χ4v) is 4.02. The van der Waals surface area contributed by atoms with Gasteiger partial charge in [-0.1, -0.05) is 36.4 Å². The van der Waals surface area contributed by atoms with Crippen molar-refractivity contribution in [1.29, 1.82) is 0 Å². The Morgan fingerprint density at radius 1 is 0.971 bits per heavy atom. The molecule has 2 aromatic heterocycles. The number of carbonyl (C=O) groups is 3. The Morgan fingerprint density at radius 2 is 1.74 bits per heavy atom. The quantitative estimate of drug-likeness (QED) is 0.479. The van der Waals surface area contributed by atoms with Gasteiger partial charge in [0, 0.05) is 63.5 Å². The van der Waals surface area contributed by atoms with Crippen molar-refractivity contribution in [2.75, 3.05) is 31.5 Å². The molecule has 3 aromatic rings. The van der Waals surface area contributed by atoms with Crippen LogP contribution in [-0.2, 0) is 22.7 Å². The molecule has 1 N–H and O–H groups in total. The van der Waals surface area contributed by atoms with Crippen LogP contribution in [0.4, 0.5) is 5.69 Å². The average Bonchev–Trinajstić information content (AvgIpc) is 3.31. The molecule has 1 aliphatic heterocycles. The predicted molar refractivity (Wildman–Crippen MR) is 132 cm³/mol. The summed E-state index contributed by atoms with van der Waals surface area (Å²) < 4.78 is 1.52. The van der Waals surface area contributed by atoms with Gasteiger partial charge in [-0.2, -0.15) is 5.10 Å². The maximum Gasteiger partial charge on any atom is 0.244 e. The fourth-order valence-electron chi connectivity index (χ4n) is 4.02. The zero-order valence-electron chi connectivity index (χ0n) is 19.9. The van der Waals surface area contributed by atoms with Crippen molar-refractivity contribution in [3.05, 3.63) is 77.9 Å². The van der Waals surface area contributed by atoms with Gasteiger partial charge in [0.05, 0.1) is 17.6 Å². The molecule has 0 aliphatic carbocycles. The van der Waals surface area contributed by atoms with Crippen molar-refractivity contribution in [2.45, 2.75) is 32.9 Å². The zero-order valence-corrected chi connectivity index (χ0v) is 19.9. The third kappa shape index (κ3) is 6.83. The van der Waals surface area contributed by atoms with E-state index in [0.717, 1.165) is 25.3 Å².